The van der Waals surface area contributed by atoms with Crippen molar-refractivity contribution in [2.45, 2.75) is 30.3 Å². The SMILES string of the molecule is C[C@@H]1C(=O)Nc2ccc(S(=O)(=O)NCCc3ccc(C(F)(F)F)cc3)cc21. The van der Waals surface area contributed by atoms with Gasteiger partial charge in [-0.1, -0.05) is 12.1 Å². The van der Waals surface area contributed by atoms with Crippen molar-refractivity contribution in [1.29, 1.82) is 0 Å². The Balaban J connectivity index is 1.65. The Hall–Kier alpha value is -2.39. The molecule has 0 radical (unpaired) electrons. The number of hydrogen-bond acceptors (Lipinski definition) is 3. The Bertz CT molecular complexity index is 970. The van der Waals surface area contributed by atoms with Crippen molar-refractivity contribution in [3.8, 4) is 0 Å². The molecule has 5 nitrogen and oxygen atoms in total. The van der Waals surface area contributed by atoms with Crippen LogP contribution in [0.15, 0.2) is 47.4 Å². The van der Waals surface area contributed by atoms with Crippen molar-refractivity contribution >= 4 is 21.6 Å². The highest BCUT2D eigenvalue weighted by Crippen LogP contribution is 2.33. The van der Waals surface area contributed by atoms with Crippen LogP contribution in [0.2, 0.25) is 0 Å². The highest BCUT2D eigenvalue weighted by Gasteiger charge is 2.30. The van der Waals surface area contributed by atoms with Gasteiger partial charge in [0.15, 0.2) is 0 Å². The summed E-state index contributed by atoms with van der Waals surface area (Å²) in [6.07, 6.45) is -4.15. The zero-order valence-corrected chi connectivity index (χ0v) is 15.1. The second-order valence-electron chi connectivity index (χ2n) is 6.30. The van der Waals surface area contributed by atoms with Gasteiger partial charge >= 0.3 is 6.18 Å². The van der Waals surface area contributed by atoms with Crippen LogP contribution in [0.25, 0.3) is 0 Å². The summed E-state index contributed by atoms with van der Waals surface area (Å²) in [4.78, 5) is 11.7. The van der Waals surface area contributed by atoms with Crippen LogP contribution in [0.1, 0.15) is 29.5 Å². The number of amides is 1. The Morgan fingerprint density at radius 2 is 1.78 bits per heavy atom. The fourth-order valence-electron chi connectivity index (χ4n) is 2.84. The van der Waals surface area contributed by atoms with E-state index in [4.69, 9.17) is 0 Å². The number of rotatable bonds is 5. The van der Waals surface area contributed by atoms with Crippen LogP contribution >= 0.6 is 0 Å². The summed E-state index contributed by atoms with van der Waals surface area (Å²) in [5.41, 5.74) is 1.05. The Labute approximate surface area is 154 Å². The minimum absolute atomic E-state index is 0.0389. The first kappa shape index (κ1) is 19.4. The summed E-state index contributed by atoms with van der Waals surface area (Å²) in [5.74, 6) is -0.614. The highest BCUT2D eigenvalue weighted by molar-refractivity contribution is 7.89. The highest BCUT2D eigenvalue weighted by atomic mass is 32.2. The third-order valence-electron chi connectivity index (χ3n) is 4.44. The van der Waals surface area contributed by atoms with Gasteiger partial charge in [0.25, 0.3) is 0 Å². The first-order chi connectivity index (χ1) is 12.6. The molecule has 1 aliphatic rings. The first-order valence-corrected chi connectivity index (χ1v) is 9.67. The van der Waals surface area contributed by atoms with Gasteiger partial charge in [-0.3, -0.25) is 4.79 Å². The summed E-state index contributed by atoms with van der Waals surface area (Å²) in [5, 5.41) is 2.67. The average molecular weight is 398 g/mol. The van der Waals surface area contributed by atoms with E-state index in [1.54, 1.807) is 13.0 Å². The molecule has 0 aromatic heterocycles. The molecule has 0 aliphatic carbocycles. The minimum atomic E-state index is -4.40. The third-order valence-corrected chi connectivity index (χ3v) is 5.90. The summed E-state index contributed by atoms with van der Waals surface area (Å²) in [6.45, 7) is 1.73. The molecule has 0 saturated heterocycles. The van der Waals surface area contributed by atoms with Gasteiger partial charge in [-0.2, -0.15) is 13.2 Å². The lowest BCUT2D eigenvalue weighted by Crippen LogP contribution is -2.26. The number of nitrogens with one attached hydrogen (secondary N) is 2. The molecule has 0 bridgehead atoms. The first-order valence-electron chi connectivity index (χ1n) is 8.18. The van der Waals surface area contributed by atoms with Crippen LogP contribution in [0.3, 0.4) is 0 Å². The Morgan fingerprint density at radius 3 is 2.41 bits per heavy atom. The number of benzene rings is 2. The number of sulfonamides is 1. The number of fused-ring (bicyclic) bond motifs is 1. The molecule has 2 aromatic carbocycles. The standard InChI is InChI=1S/C18H17F3N2O3S/c1-11-15-10-14(6-7-16(15)23-17(11)24)27(25,26)22-9-8-12-2-4-13(5-3-12)18(19,20)21/h2-7,10-11,22H,8-9H2,1H3,(H,23,24)/t11-/m0/s1. The fourth-order valence-corrected chi connectivity index (χ4v) is 3.90. The van der Waals surface area contributed by atoms with Crippen molar-refractivity contribution < 1.29 is 26.4 Å². The van der Waals surface area contributed by atoms with Crippen molar-refractivity contribution in [3.05, 3.63) is 59.2 Å². The second kappa shape index (κ2) is 6.97. The van der Waals surface area contributed by atoms with Crippen molar-refractivity contribution in [2.75, 3.05) is 11.9 Å². The van der Waals surface area contributed by atoms with Gasteiger partial charge in [-0.25, -0.2) is 13.1 Å². The van der Waals surface area contributed by atoms with Gasteiger partial charge in [0.05, 0.1) is 16.4 Å². The lowest BCUT2D eigenvalue weighted by atomic mass is 10.0. The molecule has 0 spiro atoms. The van der Waals surface area contributed by atoms with Crippen LogP contribution < -0.4 is 10.0 Å². The molecule has 3 rings (SSSR count). The number of halogens is 3. The number of alkyl halides is 3. The molecular formula is C18H17F3N2O3S. The molecule has 0 fully saturated rings. The fraction of sp³-hybridized carbons (Fsp3) is 0.278. The molecule has 1 aliphatic heterocycles. The van der Waals surface area contributed by atoms with Crippen molar-refractivity contribution in [3.63, 3.8) is 0 Å². The predicted molar refractivity (Wildman–Crippen MR) is 93.8 cm³/mol. The molecular weight excluding hydrogens is 381 g/mol. The van der Waals surface area contributed by atoms with E-state index in [9.17, 15) is 26.4 Å². The topological polar surface area (TPSA) is 75.3 Å². The van der Waals surface area contributed by atoms with E-state index < -0.39 is 27.7 Å². The lowest BCUT2D eigenvalue weighted by Gasteiger charge is -2.10. The van der Waals surface area contributed by atoms with Crippen molar-refractivity contribution in [2.24, 2.45) is 0 Å². The monoisotopic (exact) mass is 398 g/mol. The molecule has 1 amide bonds. The van der Waals surface area contributed by atoms with Gasteiger partial charge in [0.1, 0.15) is 0 Å². The van der Waals surface area contributed by atoms with Gasteiger partial charge in [-0.05, 0) is 54.8 Å². The predicted octanol–water partition coefficient (Wildman–Crippen LogP) is 3.28. The number of carbonyl (C=O) groups is 1. The normalized spacial score (nSPS) is 16.9. The van der Waals surface area contributed by atoms with Gasteiger partial charge in [0, 0.05) is 12.2 Å². The maximum absolute atomic E-state index is 12.5. The summed E-state index contributed by atoms with van der Waals surface area (Å²) in [7, 11) is -3.79. The average Bonchev–Trinajstić information content (AvgIpc) is 2.88. The Morgan fingerprint density at radius 1 is 1.11 bits per heavy atom. The van der Waals surface area contributed by atoms with E-state index in [1.165, 1.54) is 24.3 Å². The molecule has 9 heteroatoms. The second-order valence-corrected chi connectivity index (χ2v) is 8.07. The number of carbonyl (C=O) groups excluding carboxylic acids is 1. The lowest BCUT2D eigenvalue weighted by molar-refractivity contribution is -0.137. The Kier molecular flexibility index (Phi) is 5.00. The van der Waals surface area contributed by atoms with Crippen molar-refractivity contribution in [1.82, 2.24) is 4.72 Å². The third kappa shape index (κ3) is 4.14. The molecule has 1 heterocycles. The van der Waals surface area contributed by atoms with E-state index >= 15 is 0 Å². The van der Waals surface area contributed by atoms with E-state index in [0.29, 0.717) is 16.8 Å². The molecule has 144 valence electrons. The molecule has 27 heavy (non-hydrogen) atoms. The van der Waals surface area contributed by atoms with Gasteiger partial charge < -0.3 is 5.32 Å². The van der Waals surface area contributed by atoms with Crippen LogP contribution in [0.5, 0.6) is 0 Å². The van der Waals surface area contributed by atoms with Crippen LogP contribution in [0.4, 0.5) is 18.9 Å². The minimum Gasteiger partial charge on any atom is -0.325 e. The molecule has 0 unspecified atom stereocenters. The summed E-state index contributed by atoms with van der Waals surface area (Å²) >= 11 is 0. The van der Waals surface area contributed by atoms with E-state index in [2.05, 4.69) is 10.0 Å². The van der Waals surface area contributed by atoms with Gasteiger partial charge in [-0.15, -0.1) is 0 Å². The maximum atomic E-state index is 12.5. The molecule has 2 N–H and O–H groups in total. The van der Waals surface area contributed by atoms with Crippen LogP contribution in [-0.4, -0.2) is 20.9 Å². The summed E-state index contributed by atoms with van der Waals surface area (Å²) in [6, 6.07) is 8.99. The molecule has 0 saturated carbocycles. The zero-order chi connectivity index (χ0) is 19.8. The van der Waals surface area contributed by atoms with E-state index in [1.807, 2.05) is 0 Å². The number of anilines is 1. The largest absolute Gasteiger partial charge is 0.416 e. The van der Waals surface area contributed by atoms with E-state index in [-0.39, 0.29) is 23.8 Å². The number of hydrogen-bond donors (Lipinski definition) is 2. The maximum Gasteiger partial charge on any atom is 0.416 e. The van der Waals surface area contributed by atoms with E-state index in [0.717, 1.165) is 12.1 Å². The smallest absolute Gasteiger partial charge is 0.325 e. The quantitative estimate of drug-likeness (QED) is 0.812. The zero-order valence-electron chi connectivity index (χ0n) is 14.3. The molecule has 1 atom stereocenters. The van der Waals surface area contributed by atoms with Gasteiger partial charge in [0.2, 0.25) is 15.9 Å². The molecule has 2 aromatic rings. The van der Waals surface area contributed by atoms with Crippen LogP contribution in [-0.2, 0) is 27.4 Å². The van der Waals surface area contributed by atoms with Crippen LogP contribution in [0, 0.1) is 0 Å². The summed E-state index contributed by atoms with van der Waals surface area (Å²) < 4.78 is 64.9.